The van der Waals surface area contributed by atoms with E-state index in [0.29, 0.717) is 13.6 Å². The van der Waals surface area contributed by atoms with Gasteiger partial charge in [-0.05, 0) is 37.4 Å². The number of thioether (sulfide) groups is 1. The first-order chi connectivity index (χ1) is 15.4. The van der Waals surface area contributed by atoms with Crippen LogP contribution in [0.25, 0.3) is 0 Å². The van der Waals surface area contributed by atoms with Crippen LogP contribution in [0.4, 0.5) is 5.13 Å². The van der Waals surface area contributed by atoms with Gasteiger partial charge in [-0.25, -0.2) is 9.19 Å². The van der Waals surface area contributed by atoms with Crippen LogP contribution in [0.15, 0.2) is 56.8 Å². The van der Waals surface area contributed by atoms with E-state index in [9.17, 15) is 17.4 Å². The van der Waals surface area contributed by atoms with Crippen LogP contribution >= 0.6 is 50.4 Å². The molecule has 2 heterocycles. The highest BCUT2D eigenvalue weighted by atomic mass is 79.9. The predicted molar refractivity (Wildman–Crippen MR) is 137 cm³/mol. The Labute approximate surface area is 212 Å². The van der Waals surface area contributed by atoms with Gasteiger partial charge in [-0.2, -0.15) is 8.42 Å². The molecule has 4 N–H and O–H groups in total. The van der Waals surface area contributed by atoms with E-state index in [1.165, 1.54) is 37.7 Å². The average Bonchev–Trinajstić information content (AvgIpc) is 3.31. The Morgan fingerprint density at radius 3 is 2.55 bits per heavy atom. The molecule has 1 aromatic carbocycles. The molecule has 2 aromatic heterocycles. The third kappa shape index (κ3) is 5.49. The Bertz CT molecular complexity index is 1490. The number of nitrogen functional groups attached to an aromatic ring is 1. The lowest BCUT2D eigenvalue weighted by molar-refractivity contribution is -0.114. The zero-order chi connectivity index (χ0) is 24.6. The van der Waals surface area contributed by atoms with Gasteiger partial charge in [0.2, 0.25) is 5.91 Å². The zero-order valence-corrected chi connectivity index (χ0v) is 23.1. The first kappa shape index (κ1) is 25.8. The molecule has 0 aliphatic heterocycles. The number of nitrogens with zero attached hydrogens (tertiary/aromatic N) is 2. The zero-order valence-electron chi connectivity index (χ0n) is 17.4. The molecular weight excluding hydrogens is 590 g/mol. The van der Waals surface area contributed by atoms with E-state index in [1.807, 2.05) is 0 Å². The average molecular weight is 609 g/mol. The van der Waals surface area contributed by atoms with Crippen molar-refractivity contribution in [1.82, 2.24) is 4.98 Å². The van der Waals surface area contributed by atoms with Crippen LogP contribution < -0.4 is 11.1 Å². The second-order valence-electron chi connectivity index (χ2n) is 6.49. The summed E-state index contributed by atoms with van der Waals surface area (Å²) >= 11 is 6.46. The first-order valence-electron chi connectivity index (χ1n) is 8.93. The molecule has 0 aliphatic rings. The molecule has 33 heavy (non-hydrogen) atoms. The van der Waals surface area contributed by atoms with Crippen LogP contribution in [0, 0.1) is 12.3 Å². The fourth-order valence-electron chi connectivity index (χ4n) is 2.67. The number of carbonyl (C=O) groups is 1. The number of nitrogens with one attached hydrogen (secondary N) is 2. The van der Waals surface area contributed by atoms with Gasteiger partial charge in [0.15, 0.2) is 9.34 Å². The molecule has 0 bridgehead atoms. The second-order valence-corrected chi connectivity index (χ2v) is 14.7. The Morgan fingerprint density at radius 2 is 1.97 bits per heavy atom. The van der Waals surface area contributed by atoms with Crippen molar-refractivity contribution >= 4 is 87.0 Å². The van der Waals surface area contributed by atoms with Crippen molar-refractivity contribution < 1.29 is 17.4 Å². The summed E-state index contributed by atoms with van der Waals surface area (Å²) in [6, 6.07) is 7.87. The van der Waals surface area contributed by atoms with E-state index in [-0.39, 0.29) is 30.7 Å². The summed E-state index contributed by atoms with van der Waals surface area (Å²) in [5, 5.41) is 10.3. The van der Waals surface area contributed by atoms with Crippen molar-refractivity contribution in [3.8, 4) is 0 Å². The maximum atomic E-state index is 14.5. The number of carbonyl (C=O) groups excluding carboxylic acids is 1. The number of aryl methyl sites for hydroxylation is 1. The molecule has 0 fully saturated rings. The SMILES string of the molecule is CSc1sc(C(=N)N)cc1S(=O)(=NS(=O)(=O)c1sc(NC(C)=O)nc1C)c1cccc(Br)c1. The van der Waals surface area contributed by atoms with Crippen LogP contribution in [0.5, 0.6) is 0 Å². The van der Waals surface area contributed by atoms with Crippen molar-refractivity contribution in [2.24, 2.45) is 9.50 Å². The number of hydrogen-bond acceptors (Lipinski definition) is 9. The third-order valence-electron chi connectivity index (χ3n) is 4.00. The number of benzene rings is 1. The van der Waals surface area contributed by atoms with Crippen molar-refractivity contribution in [2.75, 3.05) is 11.6 Å². The normalized spacial score (nSPS) is 13.3. The van der Waals surface area contributed by atoms with Crippen molar-refractivity contribution in [3.05, 3.63) is 45.4 Å². The highest BCUT2D eigenvalue weighted by Crippen LogP contribution is 2.40. The number of anilines is 1. The molecule has 0 saturated carbocycles. The van der Waals surface area contributed by atoms with Crippen molar-refractivity contribution in [3.63, 3.8) is 0 Å². The van der Waals surface area contributed by atoms with E-state index in [2.05, 4.69) is 30.0 Å². The van der Waals surface area contributed by atoms with Gasteiger partial charge in [0, 0.05) is 11.4 Å². The fourth-order valence-corrected chi connectivity index (χ4v) is 11.3. The van der Waals surface area contributed by atoms with Crippen LogP contribution in [0.2, 0.25) is 0 Å². The fraction of sp³-hybridized carbons (Fsp3) is 0.167. The number of halogens is 1. The Balaban J connectivity index is 2.34. The van der Waals surface area contributed by atoms with Crippen LogP contribution in [0.1, 0.15) is 17.5 Å². The summed E-state index contributed by atoms with van der Waals surface area (Å²) in [7, 11) is -8.18. The maximum Gasteiger partial charge on any atom is 0.302 e. The minimum atomic E-state index is -4.46. The smallest absolute Gasteiger partial charge is 0.302 e. The maximum absolute atomic E-state index is 14.5. The van der Waals surface area contributed by atoms with Gasteiger partial charge < -0.3 is 11.1 Å². The molecule has 0 spiro atoms. The topological polar surface area (TPSA) is 155 Å². The highest BCUT2D eigenvalue weighted by Gasteiger charge is 2.30. The number of hydrogen-bond donors (Lipinski definition) is 3. The van der Waals surface area contributed by atoms with Crippen molar-refractivity contribution in [1.29, 1.82) is 5.41 Å². The van der Waals surface area contributed by atoms with E-state index < -0.39 is 25.7 Å². The number of nitrogens with two attached hydrogens (primary N) is 1. The summed E-state index contributed by atoms with van der Waals surface area (Å²) in [5.41, 5.74) is 5.76. The minimum Gasteiger partial charge on any atom is -0.383 e. The molecule has 0 radical (unpaired) electrons. The number of amidine groups is 1. The van der Waals surface area contributed by atoms with Gasteiger partial charge in [-0.3, -0.25) is 10.2 Å². The molecule has 3 aromatic rings. The van der Waals surface area contributed by atoms with E-state index in [4.69, 9.17) is 11.1 Å². The number of aromatic nitrogens is 1. The lowest BCUT2D eigenvalue weighted by atomic mass is 10.4. The number of rotatable bonds is 7. The molecule has 15 heteroatoms. The van der Waals surface area contributed by atoms with E-state index in [0.717, 1.165) is 22.7 Å². The third-order valence-corrected chi connectivity index (χ3v) is 13.0. The second kappa shape index (κ2) is 9.84. The predicted octanol–water partition coefficient (Wildman–Crippen LogP) is 4.51. The van der Waals surface area contributed by atoms with Gasteiger partial charge in [-0.1, -0.05) is 37.1 Å². The number of thiophene rings is 1. The summed E-state index contributed by atoms with van der Waals surface area (Å²) in [4.78, 5) is 16.1. The van der Waals surface area contributed by atoms with Gasteiger partial charge in [0.1, 0.15) is 15.6 Å². The number of amides is 1. The standard InChI is InChI=1S/C18H18BrN5O4S5/c1-9-17(31-18(22-9)23-10(2)25)33(27,28)24-32(26,12-6-4-5-11(19)7-12)14-8-13(15(20)21)30-16(14)29-3/h4-8H,1-3H3,(H3,20,21)(H,22,23,25). The first-order valence-corrected chi connectivity index (χ1v) is 15.5. The van der Waals surface area contributed by atoms with Crippen LogP contribution in [0.3, 0.4) is 0 Å². The van der Waals surface area contributed by atoms with E-state index >= 15 is 0 Å². The highest BCUT2D eigenvalue weighted by molar-refractivity contribution is 9.10. The summed E-state index contributed by atoms with van der Waals surface area (Å²) < 4.78 is 46.1. The molecule has 1 atom stereocenters. The summed E-state index contributed by atoms with van der Waals surface area (Å²) in [5.74, 6) is -0.624. The van der Waals surface area contributed by atoms with E-state index in [1.54, 1.807) is 24.5 Å². The quantitative estimate of drug-likeness (QED) is 0.202. The van der Waals surface area contributed by atoms with Gasteiger partial charge in [0.05, 0.1) is 24.6 Å². The van der Waals surface area contributed by atoms with Crippen LogP contribution in [-0.4, -0.2) is 35.6 Å². The minimum absolute atomic E-state index is 0.0990. The largest absolute Gasteiger partial charge is 0.383 e. The number of sulfonamides is 1. The molecule has 1 unspecified atom stereocenters. The summed E-state index contributed by atoms with van der Waals surface area (Å²) in [6.07, 6.45) is 1.75. The lowest BCUT2D eigenvalue weighted by Gasteiger charge is -2.11. The van der Waals surface area contributed by atoms with Crippen LogP contribution in [-0.2, 0) is 24.5 Å². The lowest BCUT2D eigenvalue weighted by Crippen LogP contribution is -2.10. The number of thiazole rings is 1. The van der Waals surface area contributed by atoms with Gasteiger partial charge in [0.25, 0.3) is 0 Å². The van der Waals surface area contributed by atoms with Gasteiger partial charge >= 0.3 is 10.0 Å². The Hall–Kier alpha value is -1.78. The molecular formula is C18H18BrN5O4S5. The van der Waals surface area contributed by atoms with Gasteiger partial charge in [-0.15, -0.1) is 23.1 Å². The Kier molecular flexibility index (Phi) is 7.70. The molecule has 1 amide bonds. The molecule has 9 nitrogen and oxygen atoms in total. The summed E-state index contributed by atoms with van der Waals surface area (Å²) in [6.45, 7) is 2.75. The molecule has 3 rings (SSSR count). The monoisotopic (exact) mass is 607 g/mol. The molecule has 0 saturated heterocycles. The van der Waals surface area contributed by atoms with Crippen molar-refractivity contribution in [2.45, 2.75) is 32.1 Å². The molecule has 176 valence electrons. The Morgan fingerprint density at radius 1 is 1.27 bits per heavy atom. The molecule has 0 aliphatic carbocycles.